The van der Waals surface area contributed by atoms with Gasteiger partial charge in [0.15, 0.2) is 5.65 Å². The van der Waals surface area contributed by atoms with Gasteiger partial charge in [0.25, 0.3) is 0 Å². The number of benzene rings is 2. The zero-order valence-corrected chi connectivity index (χ0v) is 20.9. The van der Waals surface area contributed by atoms with Gasteiger partial charge in [-0.1, -0.05) is 24.3 Å². The predicted octanol–water partition coefficient (Wildman–Crippen LogP) is 4.59. The number of nitrogens with zero attached hydrogens (tertiary/aromatic N) is 4. The summed E-state index contributed by atoms with van der Waals surface area (Å²) in [6.07, 6.45) is 5.83. The van der Waals surface area contributed by atoms with Crippen molar-refractivity contribution in [3.05, 3.63) is 79.0 Å². The van der Waals surface area contributed by atoms with Gasteiger partial charge in [0.1, 0.15) is 23.0 Å². The second-order valence-corrected chi connectivity index (χ2v) is 9.15. The molecular weight excluding hydrogens is 468 g/mol. The standard InChI is InChI=1S/C28H30N6O3/c1-33(2)17-6-9-25(35)34-18-15-23(19-34)37-28-26-24(14-16-29-27(26)31-32-28)30-20-10-12-22(13-11-20)36-21-7-4-3-5-8-21/h3-14,16,23H,15,17-19H2,1-2H3,(H2,29,30,31,32)/b9-6+/t23-/m1/s1. The van der Waals surface area contributed by atoms with E-state index in [1.54, 1.807) is 12.3 Å². The highest BCUT2D eigenvalue weighted by Gasteiger charge is 2.28. The zero-order chi connectivity index (χ0) is 25.6. The molecule has 0 saturated carbocycles. The van der Waals surface area contributed by atoms with E-state index in [2.05, 4.69) is 20.5 Å². The Balaban J connectivity index is 1.25. The molecule has 1 atom stereocenters. The maximum Gasteiger partial charge on any atom is 0.246 e. The number of amides is 1. The van der Waals surface area contributed by atoms with Crippen molar-refractivity contribution in [2.24, 2.45) is 0 Å². The molecule has 3 heterocycles. The Hall–Kier alpha value is -4.37. The lowest BCUT2D eigenvalue weighted by Gasteiger charge is -2.15. The number of carbonyl (C=O) groups excluding carboxylic acids is 1. The molecule has 2 aromatic heterocycles. The second kappa shape index (κ2) is 11.1. The van der Waals surface area contributed by atoms with Crippen LogP contribution in [0.5, 0.6) is 17.4 Å². The number of ether oxygens (including phenoxy) is 2. The number of likely N-dealkylation sites (tertiary alicyclic amines) is 1. The van der Waals surface area contributed by atoms with E-state index in [9.17, 15) is 4.79 Å². The summed E-state index contributed by atoms with van der Waals surface area (Å²) in [5.74, 6) is 2.01. The van der Waals surface area contributed by atoms with E-state index in [0.717, 1.165) is 41.2 Å². The summed E-state index contributed by atoms with van der Waals surface area (Å²) in [5.41, 5.74) is 2.34. The van der Waals surface area contributed by atoms with E-state index in [0.29, 0.717) is 24.6 Å². The molecule has 1 saturated heterocycles. The number of nitrogens with one attached hydrogen (secondary N) is 2. The third kappa shape index (κ3) is 6.07. The molecule has 0 spiro atoms. The van der Waals surface area contributed by atoms with Gasteiger partial charge in [-0.05, 0) is 56.6 Å². The molecule has 9 heteroatoms. The summed E-state index contributed by atoms with van der Waals surface area (Å²) < 4.78 is 12.1. The highest BCUT2D eigenvalue weighted by Crippen LogP contribution is 2.33. The first kappa shape index (κ1) is 24.3. The van der Waals surface area contributed by atoms with Crippen LogP contribution >= 0.6 is 0 Å². The van der Waals surface area contributed by atoms with Crippen LogP contribution in [-0.4, -0.2) is 70.7 Å². The molecule has 2 aromatic carbocycles. The Morgan fingerprint density at radius 3 is 2.70 bits per heavy atom. The van der Waals surface area contributed by atoms with Crippen molar-refractivity contribution in [2.45, 2.75) is 12.5 Å². The highest BCUT2D eigenvalue weighted by molar-refractivity contribution is 5.95. The molecule has 5 rings (SSSR count). The zero-order valence-electron chi connectivity index (χ0n) is 20.9. The van der Waals surface area contributed by atoms with Crippen molar-refractivity contribution in [1.29, 1.82) is 0 Å². The van der Waals surface area contributed by atoms with E-state index in [-0.39, 0.29) is 12.0 Å². The van der Waals surface area contributed by atoms with Crippen LogP contribution in [0.15, 0.2) is 79.0 Å². The van der Waals surface area contributed by atoms with Crippen LogP contribution in [0.4, 0.5) is 11.4 Å². The maximum absolute atomic E-state index is 12.5. The number of H-pyrrole nitrogens is 1. The topological polar surface area (TPSA) is 95.6 Å². The van der Waals surface area contributed by atoms with E-state index in [1.165, 1.54) is 0 Å². The van der Waals surface area contributed by atoms with Gasteiger partial charge in [0.05, 0.1) is 12.2 Å². The molecule has 9 nitrogen and oxygen atoms in total. The molecular formula is C28H30N6O3. The lowest BCUT2D eigenvalue weighted by Crippen LogP contribution is -2.29. The fourth-order valence-corrected chi connectivity index (χ4v) is 4.15. The van der Waals surface area contributed by atoms with Crippen LogP contribution < -0.4 is 14.8 Å². The molecule has 2 N–H and O–H groups in total. The number of hydrogen-bond acceptors (Lipinski definition) is 7. The second-order valence-electron chi connectivity index (χ2n) is 9.15. The molecule has 0 aliphatic carbocycles. The van der Waals surface area contributed by atoms with Gasteiger partial charge in [-0.3, -0.25) is 9.89 Å². The molecule has 190 valence electrons. The number of hydrogen-bond donors (Lipinski definition) is 2. The number of anilines is 2. The third-order valence-corrected chi connectivity index (χ3v) is 6.01. The number of carbonyl (C=O) groups is 1. The van der Waals surface area contributed by atoms with Gasteiger partial charge in [-0.15, -0.1) is 5.10 Å². The first-order valence-electron chi connectivity index (χ1n) is 12.2. The van der Waals surface area contributed by atoms with Crippen molar-refractivity contribution in [1.82, 2.24) is 25.0 Å². The molecule has 0 bridgehead atoms. The van der Waals surface area contributed by atoms with E-state index < -0.39 is 0 Å². The van der Waals surface area contributed by atoms with E-state index in [1.807, 2.05) is 90.6 Å². The van der Waals surface area contributed by atoms with Crippen molar-refractivity contribution in [3.8, 4) is 17.4 Å². The normalized spacial score (nSPS) is 15.5. The minimum absolute atomic E-state index is 0.00329. The van der Waals surface area contributed by atoms with Crippen LogP contribution in [-0.2, 0) is 4.79 Å². The van der Waals surface area contributed by atoms with E-state index in [4.69, 9.17) is 9.47 Å². The Morgan fingerprint density at radius 1 is 1.14 bits per heavy atom. The minimum atomic E-state index is -0.139. The summed E-state index contributed by atoms with van der Waals surface area (Å²) in [6.45, 7) is 1.90. The van der Waals surface area contributed by atoms with Gasteiger partial charge in [0.2, 0.25) is 11.8 Å². The summed E-state index contributed by atoms with van der Waals surface area (Å²) in [5, 5.41) is 11.5. The van der Waals surface area contributed by atoms with Crippen molar-refractivity contribution in [3.63, 3.8) is 0 Å². The number of para-hydroxylation sites is 1. The fourth-order valence-electron chi connectivity index (χ4n) is 4.15. The first-order chi connectivity index (χ1) is 18.0. The lowest BCUT2D eigenvalue weighted by atomic mass is 10.2. The molecule has 4 aromatic rings. The van der Waals surface area contributed by atoms with Crippen LogP contribution in [0.1, 0.15) is 6.42 Å². The van der Waals surface area contributed by atoms with Gasteiger partial charge in [-0.25, -0.2) is 4.98 Å². The smallest absolute Gasteiger partial charge is 0.246 e. The number of aromatic amines is 1. The molecule has 1 aliphatic rings. The maximum atomic E-state index is 12.5. The van der Waals surface area contributed by atoms with Gasteiger partial charge >= 0.3 is 0 Å². The number of pyridine rings is 1. The number of likely N-dealkylation sites (N-methyl/N-ethyl adjacent to an activating group) is 1. The molecule has 1 amide bonds. The average Bonchev–Trinajstić information content (AvgIpc) is 3.54. The highest BCUT2D eigenvalue weighted by atomic mass is 16.5. The number of rotatable bonds is 9. The average molecular weight is 499 g/mol. The minimum Gasteiger partial charge on any atom is -0.471 e. The predicted molar refractivity (Wildman–Crippen MR) is 143 cm³/mol. The number of aromatic nitrogens is 3. The van der Waals surface area contributed by atoms with Gasteiger partial charge in [0, 0.05) is 37.5 Å². The van der Waals surface area contributed by atoms with Gasteiger partial charge in [-0.2, -0.15) is 0 Å². The quantitative estimate of drug-likeness (QED) is 0.326. The van der Waals surface area contributed by atoms with Crippen LogP contribution in [0.2, 0.25) is 0 Å². The van der Waals surface area contributed by atoms with Crippen LogP contribution in [0, 0.1) is 0 Å². The molecule has 37 heavy (non-hydrogen) atoms. The Bertz CT molecular complexity index is 1370. The molecule has 0 unspecified atom stereocenters. The monoisotopic (exact) mass is 498 g/mol. The van der Waals surface area contributed by atoms with E-state index >= 15 is 0 Å². The van der Waals surface area contributed by atoms with Crippen molar-refractivity contribution < 1.29 is 14.3 Å². The van der Waals surface area contributed by atoms with Crippen LogP contribution in [0.25, 0.3) is 11.0 Å². The molecule has 1 aliphatic heterocycles. The summed E-state index contributed by atoms with van der Waals surface area (Å²) in [6, 6.07) is 19.3. The Morgan fingerprint density at radius 2 is 1.92 bits per heavy atom. The summed E-state index contributed by atoms with van der Waals surface area (Å²) in [7, 11) is 3.94. The van der Waals surface area contributed by atoms with Crippen LogP contribution in [0.3, 0.4) is 0 Å². The Labute approximate surface area is 215 Å². The number of fused-ring (bicyclic) bond motifs is 1. The third-order valence-electron chi connectivity index (χ3n) is 6.01. The SMILES string of the molecule is CN(C)C/C=C/C(=O)N1CC[C@@H](Oc2n[nH]c3nccc(Nc4ccc(Oc5ccccc5)cc4)c23)C1. The summed E-state index contributed by atoms with van der Waals surface area (Å²) in [4.78, 5) is 20.7. The Kier molecular flexibility index (Phi) is 7.32. The molecule has 1 fully saturated rings. The fraction of sp³-hybridized carbons (Fsp3) is 0.250. The van der Waals surface area contributed by atoms with Gasteiger partial charge < -0.3 is 24.6 Å². The first-order valence-corrected chi connectivity index (χ1v) is 12.2. The summed E-state index contributed by atoms with van der Waals surface area (Å²) >= 11 is 0. The molecule has 0 radical (unpaired) electrons. The van der Waals surface area contributed by atoms with Crippen molar-refractivity contribution in [2.75, 3.05) is 39.0 Å². The largest absolute Gasteiger partial charge is 0.471 e. The van der Waals surface area contributed by atoms with Crippen molar-refractivity contribution >= 4 is 28.3 Å². The lowest BCUT2D eigenvalue weighted by molar-refractivity contribution is -0.125.